The lowest BCUT2D eigenvalue weighted by Gasteiger charge is -2.47. The second-order valence-corrected chi connectivity index (χ2v) is 11.4. The molecule has 5 atom stereocenters. The fraction of sp³-hybridized carbons (Fsp3) is 0.387. The maximum atomic E-state index is 14.3. The van der Waals surface area contributed by atoms with Gasteiger partial charge in [0.05, 0.1) is 12.1 Å². The first-order valence-corrected chi connectivity index (χ1v) is 14.0. The highest BCUT2D eigenvalue weighted by atomic mass is 19.1. The van der Waals surface area contributed by atoms with Crippen molar-refractivity contribution < 1.29 is 27.8 Å². The molecule has 1 aromatic heterocycles. The van der Waals surface area contributed by atoms with Crippen molar-refractivity contribution in [2.45, 2.75) is 76.1 Å². The summed E-state index contributed by atoms with van der Waals surface area (Å²) < 4.78 is 42.0. The molecule has 41 heavy (non-hydrogen) atoms. The lowest BCUT2D eigenvalue weighted by Crippen LogP contribution is -2.58. The van der Waals surface area contributed by atoms with Crippen LogP contribution in [0.4, 0.5) is 8.78 Å². The van der Waals surface area contributed by atoms with Crippen molar-refractivity contribution in [3.05, 3.63) is 98.5 Å². The van der Waals surface area contributed by atoms with Gasteiger partial charge in [0.1, 0.15) is 23.8 Å². The highest BCUT2D eigenvalue weighted by Crippen LogP contribution is 2.50. The van der Waals surface area contributed by atoms with Crippen molar-refractivity contribution in [3.63, 3.8) is 0 Å². The van der Waals surface area contributed by atoms with Crippen LogP contribution in [0.1, 0.15) is 82.2 Å². The number of benzene rings is 2. The quantitative estimate of drug-likeness (QED) is 0.482. The van der Waals surface area contributed by atoms with Crippen LogP contribution < -0.4 is 15.5 Å². The number of amides is 2. The van der Waals surface area contributed by atoms with Gasteiger partial charge in [-0.2, -0.15) is 0 Å². The van der Waals surface area contributed by atoms with Gasteiger partial charge >= 0.3 is 0 Å². The van der Waals surface area contributed by atoms with Gasteiger partial charge < -0.3 is 24.3 Å². The van der Waals surface area contributed by atoms with Gasteiger partial charge in [0, 0.05) is 29.9 Å². The largest absolute Gasteiger partial charge is 0.483 e. The summed E-state index contributed by atoms with van der Waals surface area (Å²) in [6.07, 6.45) is 2.65. The molecule has 4 aliphatic rings. The first-order valence-electron chi connectivity index (χ1n) is 14.0. The molecule has 1 saturated carbocycles. The molecule has 1 N–H and O–H groups in total. The minimum Gasteiger partial charge on any atom is -0.483 e. The SMILES string of the molecule is CC1C[C@@H]2[C@H]3OC4CCC(C4)N3C(=O)c3c(OCc4ccccc4)c(=O)c(C(=O)NCc4ccc(F)cc4F)c1n32. The summed E-state index contributed by atoms with van der Waals surface area (Å²) in [5.74, 6) is -2.96. The molecule has 3 aromatic rings. The Kier molecular flexibility index (Phi) is 6.19. The summed E-state index contributed by atoms with van der Waals surface area (Å²) in [5.41, 5.74) is 0.677. The van der Waals surface area contributed by atoms with Gasteiger partial charge in [-0.25, -0.2) is 8.78 Å². The number of aromatic nitrogens is 1. The van der Waals surface area contributed by atoms with Crippen molar-refractivity contribution in [1.82, 2.24) is 14.8 Å². The molecular weight excluding hydrogens is 532 g/mol. The Labute approximate surface area is 234 Å². The number of ether oxygens (including phenoxy) is 2. The van der Waals surface area contributed by atoms with E-state index in [1.54, 1.807) is 9.47 Å². The van der Waals surface area contributed by atoms with Crippen LogP contribution in [0.25, 0.3) is 0 Å². The Balaban J connectivity index is 1.34. The van der Waals surface area contributed by atoms with Crippen LogP contribution in [-0.2, 0) is 17.9 Å². The number of fused-ring (bicyclic) bond motifs is 5. The fourth-order valence-electron chi connectivity index (χ4n) is 7.00. The van der Waals surface area contributed by atoms with E-state index in [9.17, 15) is 23.2 Å². The zero-order chi connectivity index (χ0) is 28.4. The van der Waals surface area contributed by atoms with Crippen molar-refractivity contribution in [1.29, 1.82) is 0 Å². The second kappa shape index (κ2) is 9.80. The zero-order valence-electron chi connectivity index (χ0n) is 22.4. The third-order valence-electron chi connectivity index (χ3n) is 8.83. The molecule has 8 nitrogen and oxygen atoms in total. The summed E-state index contributed by atoms with van der Waals surface area (Å²) >= 11 is 0. The third kappa shape index (κ3) is 4.15. The summed E-state index contributed by atoms with van der Waals surface area (Å²) in [7, 11) is 0. The highest BCUT2D eigenvalue weighted by molar-refractivity contribution is 6.01. The summed E-state index contributed by atoms with van der Waals surface area (Å²) in [6.45, 7) is 1.71. The normalized spacial score (nSPS) is 25.6. The molecule has 3 unspecified atom stereocenters. The summed E-state index contributed by atoms with van der Waals surface area (Å²) in [4.78, 5) is 43.7. The number of halogens is 2. The van der Waals surface area contributed by atoms with E-state index in [-0.39, 0.29) is 65.7 Å². The van der Waals surface area contributed by atoms with Crippen LogP contribution in [0.2, 0.25) is 0 Å². The van der Waals surface area contributed by atoms with E-state index in [2.05, 4.69) is 5.32 Å². The van der Waals surface area contributed by atoms with E-state index in [4.69, 9.17) is 9.47 Å². The average molecular weight is 562 g/mol. The Hall–Kier alpha value is -4.05. The van der Waals surface area contributed by atoms with E-state index < -0.39 is 29.2 Å². The standard InChI is InChI=1S/C31H29F2N3O5/c1-16-11-23-31-35(20-9-10-21(13-20)41-31)30(39)26-28(40-15-17-5-3-2-4-6-17)27(37)24(25(16)36(23)26)29(38)34-14-18-7-8-19(32)12-22(18)33/h2-8,12,16,20-21,23,31H,9-11,13-15H2,1H3,(H,34,38)/t16?,20?,21?,23-,31-/m1/s1. The van der Waals surface area contributed by atoms with Crippen molar-refractivity contribution >= 4 is 11.8 Å². The molecule has 2 aromatic carbocycles. The summed E-state index contributed by atoms with van der Waals surface area (Å²) in [5, 5.41) is 2.63. The van der Waals surface area contributed by atoms with Crippen LogP contribution in [0.15, 0.2) is 53.3 Å². The minimum atomic E-state index is -0.799. The molecule has 2 amide bonds. The Morgan fingerprint density at radius 3 is 2.68 bits per heavy atom. The molecule has 1 aliphatic carbocycles. The minimum absolute atomic E-state index is 0.0310. The second-order valence-electron chi connectivity index (χ2n) is 11.4. The predicted octanol–water partition coefficient (Wildman–Crippen LogP) is 4.42. The molecule has 0 radical (unpaired) electrons. The van der Waals surface area contributed by atoms with E-state index >= 15 is 0 Å². The zero-order valence-corrected chi connectivity index (χ0v) is 22.4. The topological polar surface area (TPSA) is 89.9 Å². The van der Waals surface area contributed by atoms with Gasteiger partial charge in [-0.3, -0.25) is 14.4 Å². The van der Waals surface area contributed by atoms with Crippen LogP contribution in [0.3, 0.4) is 0 Å². The Morgan fingerprint density at radius 1 is 1.10 bits per heavy atom. The summed E-state index contributed by atoms with van der Waals surface area (Å²) in [6, 6.07) is 12.1. The molecule has 1 saturated heterocycles. The number of pyridine rings is 1. The van der Waals surface area contributed by atoms with Crippen LogP contribution >= 0.6 is 0 Å². The molecule has 10 heteroatoms. The number of carbonyl (C=O) groups is 2. The van der Waals surface area contributed by atoms with Crippen molar-refractivity contribution in [2.75, 3.05) is 0 Å². The van der Waals surface area contributed by atoms with E-state index in [1.807, 2.05) is 37.3 Å². The molecule has 4 heterocycles. The Bertz CT molecular complexity index is 1620. The van der Waals surface area contributed by atoms with Crippen molar-refractivity contribution in [3.8, 4) is 5.75 Å². The van der Waals surface area contributed by atoms with Crippen LogP contribution in [-0.4, -0.2) is 39.7 Å². The molecule has 3 aliphatic heterocycles. The van der Waals surface area contributed by atoms with Gasteiger partial charge in [-0.05, 0) is 43.2 Å². The van der Waals surface area contributed by atoms with Crippen LogP contribution in [0.5, 0.6) is 5.75 Å². The number of nitrogens with zero attached hydrogens (tertiary/aromatic N) is 2. The van der Waals surface area contributed by atoms with E-state index in [1.165, 1.54) is 6.07 Å². The fourth-order valence-corrected chi connectivity index (χ4v) is 7.00. The maximum absolute atomic E-state index is 14.3. The van der Waals surface area contributed by atoms with E-state index in [0.29, 0.717) is 12.1 Å². The van der Waals surface area contributed by atoms with Gasteiger partial charge in [0.25, 0.3) is 11.8 Å². The van der Waals surface area contributed by atoms with Gasteiger partial charge in [-0.15, -0.1) is 0 Å². The van der Waals surface area contributed by atoms with Crippen molar-refractivity contribution in [2.24, 2.45) is 0 Å². The number of nitrogens with one attached hydrogen (secondary N) is 1. The number of carbonyl (C=O) groups excluding carboxylic acids is 2. The smallest absolute Gasteiger partial charge is 0.276 e. The average Bonchev–Trinajstić information content (AvgIpc) is 3.50. The molecule has 212 valence electrons. The number of rotatable bonds is 6. The molecule has 2 fully saturated rings. The van der Waals surface area contributed by atoms with Gasteiger partial charge in [-0.1, -0.05) is 43.3 Å². The lowest BCUT2D eigenvalue weighted by atomic mass is 9.98. The monoisotopic (exact) mass is 561 g/mol. The molecular formula is C31H29F2N3O5. The van der Waals surface area contributed by atoms with Gasteiger partial charge in [0.15, 0.2) is 17.7 Å². The lowest BCUT2D eigenvalue weighted by molar-refractivity contribution is -0.147. The maximum Gasteiger partial charge on any atom is 0.276 e. The first kappa shape index (κ1) is 25.9. The number of hydrogen-bond acceptors (Lipinski definition) is 5. The number of hydrogen-bond donors (Lipinski definition) is 1. The molecule has 2 bridgehead atoms. The molecule has 0 spiro atoms. The highest BCUT2D eigenvalue weighted by Gasteiger charge is 2.55. The van der Waals surface area contributed by atoms with Crippen LogP contribution in [0, 0.1) is 11.6 Å². The Morgan fingerprint density at radius 2 is 1.90 bits per heavy atom. The predicted molar refractivity (Wildman–Crippen MR) is 144 cm³/mol. The van der Waals surface area contributed by atoms with E-state index in [0.717, 1.165) is 37.0 Å². The first-order chi connectivity index (χ1) is 19.8. The van der Waals surface area contributed by atoms with Gasteiger partial charge in [0.2, 0.25) is 5.43 Å². The third-order valence-corrected chi connectivity index (χ3v) is 8.83. The molecule has 7 rings (SSSR count).